The standard InChI is InChI=1S/C20H20N6O/c1-2-26-16-5-3-8-23-18(16)25-11-4-6-17(25)20(26)7-12-24(14-20)19(27)15-13-21-9-10-22-15/h3-6,8-11,13H,2,7,12,14H2,1H3/t20-/m1/s1. The van der Waals surface area contributed by atoms with Crippen molar-refractivity contribution in [2.45, 2.75) is 18.9 Å². The second-order valence-corrected chi connectivity index (χ2v) is 6.95. The summed E-state index contributed by atoms with van der Waals surface area (Å²) in [5.41, 5.74) is 2.43. The van der Waals surface area contributed by atoms with Gasteiger partial charge in [0.05, 0.1) is 17.6 Å². The number of likely N-dealkylation sites (N-methyl/N-ethyl adjacent to an activating group) is 1. The molecule has 0 radical (unpaired) electrons. The topological polar surface area (TPSA) is 67.2 Å². The number of rotatable bonds is 2. The van der Waals surface area contributed by atoms with Crippen LogP contribution >= 0.6 is 0 Å². The Balaban J connectivity index is 1.58. The van der Waals surface area contributed by atoms with Crippen LogP contribution in [0.5, 0.6) is 0 Å². The van der Waals surface area contributed by atoms with Gasteiger partial charge in [0.2, 0.25) is 0 Å². The Morgan fingerprint density at radius 3 is 2.93 bits per heavy atom. The van der Waals surface area contributed by atoms with Crippen molar-refractivity contribution in [3.63, 3.8) is 0 Å². The monoisotopic (exact) mass is 360 g/mol. The molecule has 7 nitrogen and oxygen atoms in total. The first-order chi connectivity index (χ1) is 13.2. The summed E-state index contributed by atoms with van der Waals surface area (Å²) in [5.74, 6) is 0.884. The fraction of sp³-hybridized carbons (Fsp3) is 0.300. The van der Waals surface area contributed by atoms with E-state index in [1.807, 2.05) is 17.2 Å². The van der Waals surface area contributed by atoms with Crippen LogP contribution in [0.4, 0.5) is 5.69 Å². The number of aromatic nitrogens is 4. The van der Waals surface area contributed by atoms with Crippen molar-refractivity contribution in [2.75, 3.05) is 24.5 Å². The summed E-state index contributed by atoms with van der Waals surface area (Å²) >= 11 is 0. The highest BCUT2D eigenvalue weighted by Gasteiger charge is 2.50. The van der Waals surface area contributed by atoms with E-state index in [9.17, 15) is 4.79 Å². The molecule has 1 saturated heterocycles. The predicted molar refractivity (Wildman–Crippen MR) is 101 cm³/mol. The van der Waals surface area contributed by atoms with Crippen molar-refractivity contribution in [3.05, 3.63) is 66.6 Å². The van der Waals surface area contributed by atoms with Gasteiger partial charge >= 0.3 is 0 Å². The van der Waals surface area contributed by atoms with E-state index in [4.69, 9.17) is 0 Å². The Labute approximate surface area is 157 Å². The molecule has 0 N–H and O–H groups in total. The highest BCUT2D eigenvalue weighted by molar-refractivity contribution is 5.92. The molecule has 1 spiro atoms. The molecule has 7 heteroatoms. The fourth-order valence-electron chi connectivity index (χ4n) is 4.54. The molecule has 5 heterocycles. The SMILES string of the molecule is CCN1c2cccnc2-n2cccc2[C@]12CCN(C(=O)c1cnccn1)C2. The lowest BCUT2D eigenvalue weighted by Crippen LogP contribution is -2.52. The van der Waals surface area contributed by atoms with Crippen molar-refractivity contribution in [2.24, 2.45) is 0 Å². The van der Waals surface area contributed by atoms with Gasteiger partial charge in [-0.2, -0.15) is 0 Å². The Morgan fingerprint density at radius 1 is 1.19 bits per heavy atom. The van der Waals surface area contributed by atoms with Crippen LogP contribution in [0.15, 0.2) is 55.2 Å². The van der Waals surface area contributed by atoms with Crippen LogP contribution in [0.3, 0.4) is 0 Å². The number of fused-ring (bicyclic) bond motifs is 4. The van der Waals surface area contributed by atoms with Gasteiger partial charge < -0.3 is 14.4 Å². The maximum atomic E-state index is 12.9. The lowest BCUT2D eigenvalue weighted by molar-refractivity contribution is 0.0776. The zero-order valence-electron chi connectivity index (χ0n) is 15.1. The number of carbonyl (C=O) groups is 1. The third-order valence-corrected chi connectivity index (χ3v) is 5.66. The Hall–Kier alpha value is -3.22. The number of carbonyl (C=O) groups excluding carboxylic acids is 1. The molecule has 5 rings (SSSR count). The van der Waals surface area contributed by atoms with E-state index in [1.165, 1.54) is 11.9 Å². The predicted octanol–water partition coefficient (Wildman–Crippen LogP) is 2.24. The number of hydrogen-bond acceptors (Lipinski definition) is 5. The highest BCUT2D eigenvalue weighted by atomic mass is 16.2. The Bertz CT molecular complexity index is 1000. The van der Waals surface area contributed by atoms with E-state index in [2.05, 4.69) is 55.7 Å². The number of likely N-dealkylation sites (tertiary alicyclic amines) is 1. The molecular formula is C20H20N6O. The van der Waals surface area contributed by atoms with E-state index in [0.29, 0.717) is 18.8 Å². The van der Waals surface area contributed by atoms with Gasteiger partial charge in [0.15, 0.2) is 5.82 Å². The van der Waals surface area contributed by atoms with E-state index in [1.54, 1.807) is 12.4 Å². The van der Waals surface area contributed by atoms with E-state index < -0.39 is 0 Å². The Kier molecular flexibility index (Phi) is 3.50. The minimum Gasteiger partial charge on any atom is -0.356 e. The summed E-state index contributed by atoms with van der Waals surface area (Å²) in [7, 11) is 0. The van der Waals surface area contributed by atoms with Gasteiger partial charge in [-0.05, 0) is 37.6 Å². The van der Waals surface area contributed by atoms with Crippen molar-refractivity contribution in [1.82, 2.24) is 24.4 Å². The number of pyridine rings is 1. The molecule has 3 aromatic rings. The number of nitrogens with zero attached hydrogens (tertiary/aromatic N) is 6. The third-order valence-electron chi connectivity index (χ3n) is 5.66. The zero-order chi connectivity index (χ0) is 18.4. The molecule has 0 saturated carbocycles. The van der Waals surface area contributed by atoms with Crippen LogP contribution in [0, 0.1) is 0 Å². The van der Waals surface area contributed by atoms with Crippen molar-refractivity contribution >= 4 is 11.6 Å². The summed E-state index contributed by atoms with van der Waals surface area (Å²) in [6.07, 6.45) is 9.43. The van der Waals surface area contributed by atoms with Crippen LogP contribution in [-0.2, 0) is 5.54 Å². The summed E-state index contributed by atoms with van der Waals surface area (Å²) < 4.78 is 2.16. The lowest BCUT2D eigenvalue weighted by Gasteiger charge is -2.46. The molecule has 0 aromatic carbocycles. The minimum atomic E-state index is -0.258. The summed E-state index contributed by atoms with van der Waals surface area (Å²) in [6.45, 7) is 4.31. The molecular weight excluding hydrogens is 340 g/mol. The number of amides is 1. The molecule has 0 aliphatic carbocycles. The normalized spacial score (nSPS) is 20.6. The van der Waals surface area contributed by atoms with Crippen molar-refractivity contribution in [3.8, 4) is 5.82 Å². The van der Waals surface area contributed by atoms with Crippen LogP contribution < -0.4 is 4.90 Å². The summed E-state index contributed by atoms with van der Waals surface area (Å²) in [4.78, 5) is 30.1. The highest BCUT2D eigenvalue weighted by Crippen LogP contribution is 2.46. The molecule has 1 fully saturated rings. The summed E-state index contributed by atoms with van der Waals surface area (Å²) in [6, 6.07) is 8.29. The Morgan fingerprint density at radius 2 is 2.11 bits per heavy atom. The molecule has 0 bridgehead atoms. The number of anilines is 1. The van der Waals surface area contributed by atoms with Crippen LogP contribution in [0.25, 0.3) is 5.82 Å². The second kappa shape index (κ2) is 5.90. The average molecular weight is 360 g/mol. The van der Waals surface area contributed by atoms with Crippen molar-refractivity contribution < 1.29 is 4.79 Å². The molecule has 3 aromatic heterocycles. The van der Waals surface area contributed by atoms with Gasteiger partial charge in [0.1, 0.15) is 11.2 Å². The number of hydrogen-bond donors (Lipinski definition) is 0. The average Bonchev–Trinajstić information content (AvgIpc) is 3.37. The van der Waals surface area contributed by atoms with Gasteiger partial charge in [0.25, 0.3) is 5.91 Å². The second-order valence-electron chi connectivity index (χ2n) is 6.95. The van der Waals surface area contributed by atoms with Crippen LogP contribution in [-0.4, -0.2) is 50.0 Å². The molecule has 136 valence electrons. The molecule has 1 atom stereocenters. The van der Waals surface area contributed by atoms with Crippen LogP contribution in [0.2, 0.25) is 0 Å². The third kappa shape index (κ3) is 2.21. The van der Waals surface area contributed by atoms with E-state index in [0.717, 1.165) is 24.5 Å². The summed E-state index contributed by atoms with van der Waals surface area (Å²) in [5, 5.41) is 0. The quantitative estimate of drug-likeness (QED) is 0.701. The molecule has 2 aliphatic rings. The van der Waals surface area contributed by atoms with Gasteiger partial charge in [-0.1, -0.05) is 0 Å². The molecule has 0 unspecified atom stereocenters. The zero-order valence-corrected chi connectivity index (χ0v) is 15.1. The lowest BCUT2D eigenvalue weighted by atomic mass is 9.89. The van der Waals surface area contributed by atoms with Gasteiger partial charge in [0, 0.05) is 44.4 Å². The molecule has 27 heavy (non-hydrogen) atoms. The van der Waals surface area contributed by atoms with E-state index in [-0.39, 0.29) is 11.4 Å². The fourth-order valence-corrected chi connectivity index (χ4v) is 4.54. The maximum absolute atomic E-state index is 12.9. The van der Waals surface area contributed by atoms with E-state index >= 15 is 0 Å². The largest absolute Gasteiger partial charge is 0.356 e. The molecule has 2 aliphatic heterocycles. The molecule has 1 amide bonds. The first kappa shape index (κ1) is 16.0. The van der Waals surface area contributed by atoms with Crippen LogP contribution in [0.1, 0.15) is 29.5 Å². The van der Waals surface area contributed by atoms with Gasteiger partial charge in [-0.15, -0.1) is 0 Å². The van der Waals surface area contributed by atoms with Gasteiger partial charge in [-0.3, -0.25) is 9.78 Å². The first-order valence-corrected chi connectivity index (χ1v) is 9.21. The van der Waals surface area contributed by atoms with Gasteiger partial charge in [-0.25, -0.2) is 9.97 Å². The van der Waals surface area contributed by atoms with Crippen molar-refractivity contribution in [1.29, 1.82) is 0 Å². The smallest absolute Gasteiger partial charge is 0.274 e. The minimum absolute atomic E-state index is 0.0638. The maximum Gasteiger partial charge on any atom is 0.274 e. The first-order valence-electron chi connectivity index (χ1n) is 9.21.